The maximum absolute atomic E-state index is 6.72. The van der Waals surface area contributed by atoms with E-state index >= 15 is 0 Å². The average Bonchev–Trinajstić information content (AvgIpc) is 3.07. The molecular formula is C22H33ClN2O3. The van der Waals surface area contributed by atoms with Gasteiger partial charge in [0.15, 0.2) is 5.60 Å². The first-order valence-corrected chi connectivity index (χ1v) is 10.7. The normalized spacial score (nSPS) is 36.5. The third-order valence-corrected chi connectivity index (χ3v) is 6.71. The second kappa shape index (κ2) is 6.16. The minimum absolute atomic E-state index is 0.119. The van der Waals surface area contributed by atoms with Gasteiger partial charge in [-0.1, -0.05) is 37.6 Å². The molecule has 28 heavy (non-hydrogen) atoms. The van der Waals surface area contributed by atoms with Gasteiger partial charge in [-0.2, -0.15) is 5.06 Å². The Morgan fingerprint density at radius 1 is 1.14 bits per heavy atom. The highest BCUT2D eigenvalue weighted by atomic mass is 35.5. The maximum Gasteiger partial charge on any atom is 0.280 e. The number of nitrogens with zero attached hydrogens (tertiary/aromatic N) is 1. The van der Waals surface area contributed by atoms with Crippen LogP contribution in [0.25, 0.3) is 0 Å². The highest BCUT2D eigenvalue weighted by Gasteiger charge is 2.89. The van der Waals surface area contributed by atoms with Crippen LogP contribution in [-0.4, -0.2) is 39.9 Å². The monoisotopic (exact) mass is 408 g/mol. The Bertz CT molecular complexity index is 756. The number of hydroxylamine groups is 2. The van der Waals surface area contributed by atoms with Crippen LogP contribution in [0.3, 0.4) is 0 Å². The molecule has 0 radical (unpaired) electrons. The number of halogens is 1. The van der Waals surface area contributed by atoms with Crippen molar-refractivity contribution in [2.45, 2.75) is 95.5 Å². The molecule has 5 nitrogen and oxygen atoms in total. The van der Waals surface area contributed by atoms with E-state index in [-0.39, 0.29) is 22.7 Å². The van der Waals surface area contributed by atoms with Crippen molar-refractivity contribution in [3.05, 3.63) is 34.9 Å². The highest BCUT2D eigenvalue weighted by molar-refractivity contribution is 6.30. The van der Waals surface area contributed by atoms with E-state index in [0.29, 0.717) is 6.61 Å². The van der Waals surface area contributed by atoms with Gasteiger partial charge >= 0.3 is 0 Å². The van der Waals surface area contributed by atoms with E-state index in [0.717, 1.165) is 23.4 Å². The number of epoxide rings is 1. The van der Waals surface area contributed by atoms with E-state index in [9.17, 15) is 0 Å². The van der Waals surface area contributed by atoms with Crippen LogP contribution >= 0.6 is 11.6 Å². The number of rotatable bonds is 3. The molecule has 1 N–H and O–H groups in total. The zero-order valence-electron chi connectivity index (χ0n) is 18.1. The van der Waals surface area contributed by atoms with Crippen LogP contribution in [-0.2, 0) is 14.3 Å². The van der Waals surface area contributed by atoms with Crippen molar-refractivity contribution in [3.8, 4) is 0 Å². The van der Waals surface area contributed by atoms with E-state index < -0.39 is 11.5 Å². The Hall–Kier alpha value is -0.690. The van der Waals surface area contributed by atoms with Crippen LogP contribution < -0.4 is 5.32 Å². The van der Waals surface area contributed by atoms with Gasteiger partial charge in [0.1, 0.15) is 5.60 Å². The van der Waals surface area contributed by atoms with Gasteiger partial charge in [0.25, 0.3) is 5.91 Å². The van der Waals surface area contributed by atoms with Gasteiger partial charge in [-0.3, -0.25) is 5.32 Å². The molecule has 2 spiro atoms. The Morgan fingerprint density at radius 3 is 2.18 bits per heavy atom. The molecule has 0 amide bonds. The van der Waals surface area contributed by atoms with Crippen LogP contribution in [0.2, 0.25) is 5.02 Å². The van der Waals surface area contributed by atoms with E-state index in [4.69, 9.17) is 25.9 Å². The zero-order valence-corrected chi connectivity index (χ0v) is 18.8. The van der Waals surface area contributed by atoms with Gasteiger partial charge in [0, 0.05) is 16.1 Å². The van der Waals surface area contributed by atoms with Gasteiger partial charge in [-0.15, -0.1) is 0 Å². The molecule has 3 aliphatic rings. The Morgan fingerprint density at radius 2 is 1.75 bits per heavy atom. The lowest BCUT2D eigenvalue weighted by molar-refractivity contribution is -0.329. The largest absolute Gasteiger partial charge is 0.353 e. The van der Waals surface area contributed by atoms with Crippen molar-refractivity contribution in [1.29, 1.82) is 0 Å². The molecule has 3 heterocycles. The number of benzene rings is 1. The van der Waals surface area contributed by atoms with E-state index in [1.165, 1.54) is 0 Å². The topological polar surface area (TPSA) is 46.3 Å². The van der Waals surface area contributed by atoms with Crippen LogP contribution in [0, 0.1) is 0 Å². The summed E-state index contributed by atoms with van der Waals surface area (Å²) in [6.45, 7) is 15.7. The summed E-state index contributed by atoms with van der Waals surface area (Å²) in [5, 5.41) is 6.45. The summed E-state index contributed by atoms with van der Waals surface area (Å²) in [6, 6.07) is 7.91. The number of hydrogen-bond donors (Lipinski definition) is 1. The fourth-order valence-corrected chi connectivity index (χ4v) is 5.19. The lowest BCUT2D eigenvalue weighted by Gasteiger charge is -2.35. The third-order valence-electron chi connectivity index (χ3n) is 6.46. The molecule has 0 aliphatic carbocycles. The van der Waals surface area contributed by atoms with Crippen LogP contribution in [0.4, 0.5) is 0 Å². The Kier molecular flexibility index (Phi) is 4.53. The molecule has 3 atom stereocenters. The standard InChI is InChI=1S/C22H33ClN2O3/c1-8-20(9-2)21(27-20)17(15-10-12-16(23)13-11-15)25(18(3,4)5)28-22(21)24-19(6,7)14-26-22/h10-13,17,24H,8-9,14H2,1-7H3/t17-,21+,22+/m1/s1. The molecule has 0 unspecified atom stereocenters. The van der Waals surface area contributed by atoms with Crippen molar-refractivity contribution >= 4 is 11.6 Å². The molecule has 4 rings (SSSR count). The summed E-state index contributed by atoms with van der Waals surface area (Å²) < 4.78 is 13.1. The Balaban J connectivity index is 1.91. The number of ether oxygens (including phenoxy) is 2. The van der Waals surface area contributed by atoms with Crippen molar-refractivity contribution in [2.24, 2.45) is 0 Å². The molecular weight excluding hydrogens is 376 g/mol. The van der Waals surface area contributed by atoms with Gasteiger partial charge in [-0.05, 0) is 65.2 Å². The predicted molar refractivity (Wildman–Crippen MR) is 110 cm³/mol. The fraction of sp³-hybridized carbons (Fsp3) is 0.727. The van der Waals surface area contributed by atoms with Crippen molar-refractivity contribution < 1.29 is 14.3 Å². The molecule has 3 saturated heterocycles. The summed E-state index contributed by atoms with van der Waals surface area (Å²) >= 11 is 6.19. The van der Waals surface area contributed by atoms with Gasteiger partial charge in [0.05, 0.1) is 12.6 Å². The van der Waals surface area contributed by atoms with Crippen LogP contribution in [0.5, 0.6) is 0 Å². The first kappa shape index (κ1) is 20.6. The number of fused-ring (bicyclic) bond motifs is 1. The van der Waals surface area contributed by atoms with E-state index in [1.807, 2.05) is 12.1 Å². The first-order chi connectivity index (χ1) is 13.0. The smallest absolute Gasteiger partial charge is 0.280 e. The molecule has 0 bridgehead atoms. The van der Waals surface area contributed by atoms with Crippen molar-refractivity contribution in [3.63, 3.8) is 0 Å². The lowest BCUT2D eigenvalue weighted by atomic mass is 9.77. The third kappa shape index (κ3) is 2.64. The summed E-state index contributed by atoms with van der Waals surface area (Å²) in [5.41, 5.74) is -0.291. The molecule has 1 aromatic carbocycles. The van der Waals surface area contributed by atoms with E-state index in [2.05, 4.69) is 71.0 Å². The summed E-state index contributed by atoms with van der Waals surface area (Å²) in [7, 11) is 0. The lowest BCUT2D eigenvalue weighted by Crippen LogP contribution is -2.59. The minimum Gasteiger partial charge on any atom is -0.353 e. The van der Waals surface area contributed by atoms with Crippen molar-refractivity contribution in [2.75, 3.05) is 6.61 Å². The fourth-order valence-electron chi connectivity index (χ4n) is 5.07. The summed E-state index contributed by atoms with van der Waals surface area (Å²) in [5.74, 6) is -1.01. The molecule has 0 aromatic heterocycles. The predicted octanol–water partition coefficient (Wildman–Crippen LogP) is 4.81. The quantitative estimate of drug-likeness (QED) is 0.727. The van der Waals surface area contributed by atoms with E-state index in [1.54, 1.807) is 0 Å². The van der Waals surface area contributed by atoms with Gasteiger partial charge in [-0.25, -0.2) is 4.84 Å². The second-order valence-electron chi connectivity index (χ2n) is 10.00. The number of nitrogens with one attached hydrogen (secondary N) is 1. The average molecular weight is 409 g/mol. The zero-order chi connectivity index (χ0) is 20.6. The molecule has 3 fully saturated rings. The molecule has 1 aromatic rings. The number of hydrogen-bond acceptors (Lipinski definition) is 5. The molecule has 6 heteroatoms. The first-order valence-electron chi connectivity index (χ1n) is 10.3. The molecule has 156 valence electrons. The second-order valence-corrected chi connectivity index (χ2v) is 10.4. The summed E-state index contributed by atoms with van der Waals surface area (Å²) in [6.07, 6.45) is 1.78. The Labute approximate surface area is 173 Å². The van der Waals surface area contributed by atoms with Gasteiger partial charge < -0.3 is 9.47 Å². The molecule has 3 aliphatic heterocycles. The molecule has 0 saturated carbocycles. The maximum atomic E-state index is 6.72. The van der Waals surface area contributed by atoms with Crippen molar-refractivity contribution in [1.82, 2.24) is 10.4 Å². The summed E-state index contributed by atoms with van der Waals surface area (Å²) in [4.78, 5) is 6.69. The van der Waals surface area contributed by atoms with Crippen LogP contribution in [0.15, 0.2) is 24.3 Å². The minimum atomic E-state index is -1.01. The highest BCUT2D eigenvalue weighted by Crippen LogP contribution is 2.71. The van der Waals surface area contributed by atoms with Gasteiger partial charge in [0.2, 0.25) is 0 Å². The SMILES string of the molecule is CCC1(CC)O[C@@]12[C@@H](c1ccc(Cl)cc1)N(C(C)(C)C)O[C@]21NC(C)(C)CO1. The van der Waals surface area contributed by atoms with Crippen LogP contribution in [0.1, 0.15) is 72.9 Å².